The Hall–Kier alpha value is -0.750. The fourth-order valence-corrected chi connectivity index (χ4v) is 2.77. The van der Waals surface area contributed by atoms with Crippen LogP contribution in [0.5, 0.6) is 0 Å². The Kier molecular flexibility index (Phi) is 5.32. The minimum Gasteiger partial charge on any atom is -0.374 e. The third-order valence-electron chi connectivity index (χ3n) is 2.77. The van der Waals surface area contributed by atoms with E-state index in [9.17, 15) is 4.79 Å². The van der Waals surface area contributed by atoms with Crippen LogP contribution in [0.25, 0.3) is 0 Å². The Morgan fingerprint density at radius 3 is 2.85 bits per heavy atom. The van der Waals surface area contributed by atoms with Gasteiger partial charge in [-0.25, -0.2) is 0 Å². The van der Waals surface area contributed by atoms with Gasteiger partial charge in [0.2, 0.25) is 5.91 Å². The molecule has 0 aromatic heterocycles. The Morgan fingerprint density at radius 2 is 2.25 bits per heavy atom. The summed E-state index contributed by atoms with van der Waals surface area (Å²) in [7, 11) is 0. The number of rotatable bonds is 5. The number of hydrogen-bond acceptors (Lipinski definition) is 4. The molecular weight excluding hydrogens is 319 g/mol. The molecule has 0 radical (unpaired) electrons. The first kappa shape index (κ1) is 15.6. The number of thioether (sulfide) groups is 1. The molecule has 0 spiro atoms. The third-order valence-corrected chi connectivity index (χ3v) is 3.87. The molecule has 1 amide bonds. The van der Waals surface area contributed by atoms with Gasteiger partial charge in [0.05, 0.1) is 24.7 Å². The number of amidine groups is 1. The van der Waals surface area contributed by atoms with E-state index >= 15 is 0 Å². The second-order valence-corrected chi connectivity index (χ2v) is 6.60. The smallest absolute Gasteiger partial charge is 0.243 e. The first-order chi connectivity index (χ1) is 9.49. The van der Waals surface area contributed by atoms with Crippen molar-refractivity contribution in [2.75, 3.05) is 17.3 Å². The zero-order valence-corrected chi connectivity index (χ0v) is 13.2. The van der Waals surface area contributed by atoms with Crippen LogP contribution in [-0.2, 0) is 16.1 Å². The number of carbonyl (C=O) groups excluding carboxylic acids is 1. The van der Waals surface area contributed by atoms with Crippen LogP contribution in [0.4, 0.5) is 5.69 Å². The molecule has 1 saturated heterocycles. The van der Waals surface area contributed by atoms with Gasteiger partial charge in [-0.15, -0.1) is 23.2 Å². The summed E-state index contributed by atoms with van der Waals surface area (Å²) in [6.07, 6.45) is 0. The molecule has 1 aliphatic heterocycles. The van der Waals surface area contributed by atoms with E-state index in [2.05, 4.69) is 0 Å². The molecule has 4 nitrogen and oxygen atoms in total. The van der Waals surface area contributed by atoms with Gasteiger partial charge < -0.3 is 4.74 Å². The van der Waals surface area contributed by atoms with Crippen molar-refractivity contribution in [1.82, 2.24) is 0 Å². The predicted octanol–water partition coefficient (Wildman–Crippen LogP) is 3.33. The van der Waals surface area contributed by atoms with Crippen molar-refractivity contribution in [2.45, 2.75) is 18.4 Å². The number of nitrogens with zero attached hydrogens (tertiary/aromatic N) is 1. The number of alkyl halides is 2. The van der Waals surface area contributed by atoms with Gasteiger partial charge in [-0.05, 0) is 18.6 Å². The van der Waals surface area contributed by atoms with Crippen molar-refractivity contribution < 1.29 is 9.53 Å². The minimum atomic E-state index is -0.578. The maximum Gasteiger partial charge on any atom is 0.243 e. The molecule has 1 N–H and O–H groups in total. The number of ether oxygens (including phenoxy) is 1. The molecular formula is C13H14Cl2N2O2S. The molecule has 1 aliphatic rings. The maximum atomic E-state index is 11.9. The summed E-state index contributed by atoms with van der Waals surface area (Å²) in [6, 6.07) is 5.72. The monoisotopic (exact) mass is 332 g/mol. The van der Waals surface area contributed by atoms with Crippen LogP contribution in [0.3, 0.4) is 0 Å². The number of hydrogen-bond donors (Lipinski definition) is 1. The number of anilines is 1. The molecule has 2 rings (SSSR count). The van der Waals surface area contributed by atoms with Gasteiger partial charge in [0.1, 0.15) is 4.84 Å². The van der Waals surface area contributed by atoms with Crippen molar-refractivity contribution in [2.24, 2.45) is 0 Å². The number of aryl methyl sites for hydroxylation is 1. The third kappa shape index (κ3) is 3.67. The molecule has 0 unspecified atom stereocenters. The zero-order valence-electron chi connectivity index (χ0n) is 10.9. The van der Waals surface area contributed by atoms with Gasteiger partial charge in [-0.2, -0.15) is 0 Å². The average Bonchev–Trinajstić information content (AvgIpc) is 2.70. The summed E-state index contributed by atoms with van der Waals surface area (Å²) >= 11 is 12.5. The van der Waals surface area contributed by atoms with Crippen molar-refractivity contribution in [3.05, 3.63) is 29.3 Å². The van der Waals surface area contributed by atoms with E-state index in [-0.39, 0.29) is 17.7 Å². The lowest BCUT2D eigenvalue weighted by Crippen LogP contribution is -2.29. The molecule has 0 bridgehead atoms. The van der Waals surface area contributed by atoms with E-state index in [1.54, 1.807) is 0 Å². The van der Waals surface area contributed by atoms with E-state index in [0.717, 1.165) is 11.1 Å². The van der Waals surface area contributed by atoms with Crippen LogP contribution in [-0.4, -0.2) is 28.3 Å². The van der Waals surface area contributed by atoms with Crippen LogP contribution >= 0.6 is 35.0 Å². The van der Waals surface area contributed by atoms with Crippen LogP contribution in [0, 0.1) is 12.3 Å². The van der Waals surface area contributed by atoms with Crippen LogP contribution in [0.15, 0.2) is 18.2 Å². The predicted molar refractivity (Wildman–Crippen MR) is 84.0 cm³/mol. The van der Waals surface area contributed by atoms with E-state index in [1.807, 2.05) is 25.1 Å². The van der Waals surface area contributed by atoms with Gasteiger partial charge in [0, 0.05) is 5.56 Å². The summed E-state index contributed by atoms with van der Waals surface area (Å²) in [5, 5.41) is 8.12. The first-order valence-electron chi connectivity index (χ1n) is 5.98. The molecule has 108 valence electrons. The van der Waals surface area contributed by atoms with Crippen LogP contribution < -0.4 is 4.90 Å². The van der Waals surface area contributed by atoms with Gasteiger partial charge in [-0.3, -0.25) is 15.1 Å². The first-order valence-corrected chi connectivity index (χ1v) is 7.84. The molecule has 0 atom stereocenters. The lowest BCUT2D eigenvalue weighted by molar-refractivity contribution is -0.115. The SMILES string of the molecule is Cc1ccc(COCC(Cl)Cl)c(N2C(=N)SCC2=O)c1. The average molecular weight is 333 g/mol. The minimum absolute atomic E-state index is 0.0839. The normalized spacial score (nSPS) is 15.5. The molecule has 1 aromatic carbocycles. The number of benzene rings is 1. The van der Waals surface area contributed by atoms with E-state index < -0.39 is 4.84 Å². The van der Waals surface area contributed by atoms with Crippen molar-refractivity contribution in [3.63, 3.8) is 0 Å². The molecule has 1 fully saturated rings. The Morgan fingerprint density at radius 1 is 1.50 bits per heavy atom. The largest absolute Gasteiger partial charge is 0.374 e. The fraction of sp³-hybridized carbons (Fsp3) is 0.385. The molecule has 20 heavy (non-hydrogen) atoms. The molecule has 0 aliphatic carbocycles. The fourth-order valence-electron chi connectivity index (χ4n) is 1.88. The Balaban J connectivity index is 2.24. The van der Waals surface area contributed by atoms with Crippen molar-refractivity contribution in [3.8, 4) is 0 Å². The quantitative estimate of drug-likeness (QED) is 0.841. The van der Waals surface area contributed by atoms with Gasteiger partial charge in [0.25, 0.3) is 0 Å². The second kappa shape index (κ2) is 6.80. The summed E-state index contributed by atoms with van der Waals surface area (Å²) in [5.74, 6) is 0.220. The molecule has 7 heteroatoms. The standard InChI is InChI=1S/C13H14Cl2N2O2S/c1-8-2-3-9(5-19-6-11(14)15)10(4-8)17-12(18)7-20-13(17)16/h2-4,11,16H,5-7H2,1H3. The highest BCUT2D eigenvalue weighted by Crippen LogP contribution is 2.30. The van der Waals surface area contributed by atoms with E-state index in [1.165, 1.54) is 16.7 Å². The van der Waals surface area contributed by atoms with E-state index in [0.29, 0.717) is 18.0 Å². The highest BCUT2D eigenvalue weighted by molar-refractivity contribution is 8.15. The Labute approximate surface area is 131 Å². The summed E-state index contributed by atoms with van der Waals surface area (Å²) in [5.41, 5.74) is 2.56. The van der Waals surface area contributed by atoms with Crippen LogP contribution in [0.2, 0.25) is 0 Å². The Bertz CT molecular complexity index is 521. The van der Waals surface area contributed by atoms with Crippen LogP contribution in [0.1, 0.15) is 11.1 Å². The molecule has 1 aromatic rings. The topological polar surface area (TPSA) is 53.4 Å². The van der Waals surface area contributed by atoms with Crippen molar-refractivity contribution in [1.29, 1.82) is 5.41 Å². The number of nitrogens with one attached hydrogen (secondary N) is 1. The number of amides is 1. The lowest BCUT2D eigenvalue weighted by Gasteiger charge is -2.20. The van der Waals surface area contributed by atoms with Gasteiger partial charge >= 0.3 is 0 Å². The number of halogens is 2. The number of carbonyl (C=O) groups is 1. The van der Waals surface area contributed by atoms with E-state index in [4.69, 9.17) is 33.3 Å². The van der Waals surface area contributed by atoms with Crippen molar-refractivity contribution >= 4 is 51.7 Å². The highest BCUT2D eigenvalue weighted by Gasteiger charge is 2.30. The summed E-state index contributed by atoms with van der Waals surface area (Å²) in [6.45, 7) is 2.46. The lowest BCUT2D eigenvalue weighted by atomic mass is 10.1. The van der Waals surface area contributed by atoms with Gasteiger partial charge in [-0.1, -0.05) is 23.9 Å². The molecule has 0 saturated carbocycles. The zero-order chi connectivity index (χ0) is 14.7. The van der Waals surface area contributed by atoms with Gasteiger partial charge in [0.15, 0.2) is 5.17 Å². The maximum absolute atomic E-state index is 11.9. The highest BCUT2D eigenvalue weighted by atomic mass is 35.5. The summed E-state index contributed by atoms with van der Waals surface area (Å²) < 4.78 is 5.41. The summed E-state index contributed by atoms with van der Waals surface area (Å²) in [4.78, 5) is 12.8. The second-order valence-electron chi connectivity index (χ2n) is 4.36. The molecule has 1 heterocycles.